The zero-order chi connectivity index (χ0) is 18.4. The Morgan fingerprint density at radius 3 is 2.38 bits per heavy atom. The summed E-state index contributed by atoms with van der Waals surface area (Å²) in [6.45, 7) is 2.42. The molecule has 5 heteroatoms. The Hall–Kier alpha value is -2.66. The highest BCUT2D eigenvalue weighted by molar-refractivity contribution is 5.86. The first-order valence-electron chi connectivity index (χ1n) is 8.98. The minimum absolute atomic E-state index is 0.181. The molecule has 2 N–H and O–H groups in total. The van der Waals surface area contributed by atoms with Crippen molar-refractivity contribution in [2.75, 3.05) is 13.1 Å². The molecule has 1 fully saturated rings. The third kappa shape index (κ3) is 4.70. The fourth-order valence-electron chi connectivity index (χ4n) is 3.45. The average Bonchev–Trinajstić information content (AvgIpc) is 2.67. The van der Waals surface area contributed by atoms with Crippen LogP contribution in [0.2, 0.25) is 0 Å². The van der Waals surface area contributed by atoms with Gasteiger partial charge in [0.05, 0.1) is 5.92 Å². The second kappa shape index (κ2) is 8.63. The second-order valence-corrected chi connectivity index (χ2v) is 6.75. The molecule has 26 heavy (non-hydrogen) atoms. The van der Waals surface area contributed by atoms with Crippen LogP contribution >= 0.6 is 0 Å². The van der Waals surface area contributed by atoms with Crippen molar-refractivity contribution in [1.82, 2.24) is 10.2 Å². The first-order valence-corrected chi connectivity index (χ1v) is 8.98. The molecule has 0 aromatic heterocycles. The number of rotatable bonds is 6. The van der Waals surface area contributed by atoms with Crippen LogP contribution in [0.4, 0.5) is 0 Å². The lowest BCUT2D eigenvalue weighted by atomic mass is 9.95. The molecule has 1 aliphatic heterocycles. The predicted molar refractivity (Wildman–Crippen MR) is 99.4 cm³/mol. The fourth-order valence-corrected chi connectivity index (χ4v) is 3.45. The molecule has 0 saturated carbocycles. The topological polar surface area (TPSA) is 69.6 Å². The number of carbonyl (C=O) groups excluding carboxylic acids is 1. The maximum atomic E-state index is 12.7. The van der Waals surface area contributed by atoms with Gasteiger partial charge >= 0.3 is 5.97 Å². The quantitative estimate of drug-likeness (QED) is 0.839. The molecule has 136 valence electrons. The highest BCUT2D eigenvalue weighted by atomic mass is 16.4. The summed E-state index contributed by atoms with van der Waals surface area (Å²) in [6.07, 6.45) is 1.73. The van der Waals surface area contributed by atoms with Gasteiger partial charge in [-0.2, -0.15) is 0 Å². The van der Waals surface area contributed by atoms with E-state index in [-0.39, 0.29) is 11.8 Å². The number of hydrogen-bond donors (Lipinski definition) is 2. The number of carboxylic acids is 1. The van der Waals surface area contributed by atoms with Gasteiger partial charge in [0.15, 0.2) is 6.04 Å². The molecular formula is C21H24N2O3. The Morgan fingerprint density at radius 1 is 1.08 bits per heavy atom. The fraction of sp³-hybridized carbons (Fsp3) is 0.333. The number of amides is 1. The van der Waals surface area contributed by atoms with E-state index in [9.17, 15) is 14.7 Å². The van der Waals surface area contributed by atoms with E-state index in [0.29, 0.717) is 12.1 Å². The zero-order valence-corrected chi connectivity index (χ0v) is 14.7. The maximum Gasteiger partial charge on any atom is 0.330 e. The van der Waals surface area contributed by atoms with Crippen LogP contribution in [0.15, 0.2) is 60.7 Å². The smallest absolute Gasteiger partial charge is 0.330 e. The summed E-state index contributed by atoms with van der Waals surface area (Å²) in [4.78, 5) is 26.5. The third-order valence-corrected chi connectivity index (χ3v) is 4.79. The highest BCUT2D eigenvalue weighted by Gasteiger charge is 2.29. The van der Waals surface area contributed by atoms with Crippen molar-refractivity contribution < 1.29 is 14.7 Å². The number of hydrogen-bond acceptors (Lipinski definition) is 3. The minimum Gasteiger partial charge on any atom is -0.479 e. The molecule has 3 rings (SSSR count). The van der Waals surface area contributed by atoms with Crippen molar-refractivity contribution in [2.45, 2.75) is 25.4 Å². The monoisotopic (exact) mass is 352 g/mol. The van der Waals surface area contributed by atoms with E-state index >= 15 is 0 Å². The SMILES string of the molecule is O=C(N[C@@H](C(=O)O)c1ccccc1)[C@H]1CCCN(Cc2ccccc2)C1. The van der Waals surface area contributed by atoms with Crippen LogP contribution in [0.5, 0.6) is 0 Å². The molecule has 5 nitrogen and oxygen atoms in total. The van der Waals surface area contributed by atoms with Crippen LogP contribution in [-0.2, 0) is 16.1 Å². The Morgan fingerprint density at radius 2 is 1.73 bits per heavy atom. The molecular weight excluding hydrogens is 328 g/mol. The summed E-state index contributed by atoms with van der Waals surface area (Å²) in [6, 6.07) is 18.0. The van der Waals surface area contributed by atoms with Gasteiger partial charge in [-0.1, -0.05) is 60.7 Å². The van der Waals surface area contributed by atoms with Crippen molar-refractivity contribution in [1.29, 1.82) is 0 Å². The van der Waals surface area contributed by atoms with Gasteiger partial charge in [-0.05, 0) is 30.5 Å². The van der Waals surface area contributed by atoms with Crippen molar-refractivity contribution in [3.63, 3.8) is 0 Å². The molecule has 1 amide bonds. The van der Waals surface area contributed by atoms with Crippen molar-refractivity contribution >= 4 is 11.9 Å². The van der Waals surface area contributed by atoms with Gasteiger partial charge < -0.3 is 10.4 Å². The highest BCUT2D eigenvalue weighted by Crippen LogP contribution is 2.21. The summed E-state index contributed by atoms with van der Waals surface area (Å²) < 4.78 is 0. The number of carboxylic acid groups (broad SMARTS) is 1. The molecule has 0 unspecified atom stereocenters. The van der Waals surface area contributed by atoms with E-state index in [4.69, 9.17) is 0 Å². The van der Waals surface area contributed by atoms with Gasteiger partial charge in [-0.3, -0.25) is 9.69 Å². The molecule has 1 aliphatic rings. The standard InChI is InChI=1S/C21H24N2O3/c24-20(22-19(21(25)26)17-10-5-2-6-11-17)18-12-7-13-23(15-18)14-16-8-3-1-4-9-16/h1-6,8-11,18-19H,7,12-15H2,(H,22,24)(H,25,26)/t18-,19+/m0/s1. The summed E-state index contributed by atoms with van der Waals surface area (Å²) in [7, 11) is 0. The summed E-state index contributed by atoms with van der Waals surface area (Å²) in [5.74, 6) is -1.40. The van der Waals surface area contributed by atoms with E-state index in [1.807, 2.05) is 24.3 Å². The van der Waals surface area contributed by atoms with Crippen LogP contribution < -0.4 is 5.32 Å². The second-order valence-electron chi connectivity index (χ2n) is 6.75. The van der Waals surface area contributed by atoms with Crippen molar-refractivity contribution in [3.8, 4) is 0 Å². The largest absolute Gasteiger partial charge is 0.479 e. The van der Waals surface area contributed by atoms with E-state index < -0.39 is 12.0 Å². The van der Waals surface area contributed by atoms with E-state index in [1.165, 1.54) is 5.56 Å². The Bertz CT molecular complexity index is 733. The normalized spacial score (nSPS) is 18.8. The van der Waals surface area contributed by atoms with Gasteiger partial charge in [-0.15, -0.1) is 0 Å². The summed E-state index contributed by atoms with van der Waals surface area (Å²) in [5, 5.41) is 12.2. The van der Waals surface area contributed by atoms with Gasteiger partial charge in [0, 0.05) is 13.1 Å². The van der Waals surface area contributed by atoms with Gasteiger partial charge in [0.2, 0.25) is 5.91 Å². The van der Waals surface area contributed by atoms with Crippen LogP contribution in [0.3, 0.4) is 0 Å². The predicted octanol–water partition coefficient (Wildman–Crippen LogP) is 2.84. The minimum atomic E-state index is -1.04. The van der Waals surface area contributed by atoms with Crippen molar-refractivity contribution in [3.05, 3.63) is 71.8 Å². The van der Waals surface area contributed by atoms with E-state index in [1.54, 1.807) is 24.3 Å². The number of nitrogens with zero attached hydrogens (tertiary/aromatic N) is 1. The summed E-state index contributed by atoms with van der Waals surface area (Å²) >= 11 is 0. The Kier molecular flexibility index (Phi) is 6.02. The van der Waals surface area contributed by atoms with Crippen molar-refractivity contribution in [2.24, 2.45) is 5.92 Å². The lowest BCUT2D eigenvalue weighted by molar-refractivity contribution is -0.143. The number of likely N-dealkylation sites (tertiary alicyclic amines) is 1. The van der Waals surface area contributed by atoms with Crippen LogP contribution in [-0.4, -0.2) is 35.0 Å². The molecule has 0 spiro atoms. The lowest BCUT2D eigenvalue weighted by Gasteiger charge is -2.32. The lowest BCUT2D eigenvalue weighted by Crippen LogP contribution is -2.45. The first kappa shape index (κ1) is 18.1. The number of piperidine rings is 1. The molecule has 0 bridgehead atoms. The number of aliphatic carboxylic acids is 1. The van der Waals surface area contributed by atoms with Crippen LogP contribution in [0, 0.1) is 5.92 Å². The van der Waals surface area contributed by atoms with Gasteiger partial charge in [-0.25, -0.2) is 4.79 Å². The van der Waals surface area contributed by atoms with Gasteiger partial charge in [0.1, 0.15) is 0 Å². The molecule has 1 heterocycles. The van der Waals surface area contributed by atoms with E-state index in [2.05, 4.69) is 22.3 Å². The van der Waals surface area contributed by atoms with E-state index in [0.717, 1.165) is 25.9 Å². The van der Waals surface area contributed by atoms with Crippen LogP contribution in [0.25, 0.3) is 0 Å². The Balaban J connectivity index is 1.62. The first-order chi connectivity index (χ1) is 12.6. The molecule has 2 aromatic rings. The molecule has 0 radical (unpaired) electrons. The zero-order valence-electron chi connectivity index (χ0n) is 14.7. The molecule has 2 atom stereocenters. The number of benzene rings is 2. The van der Waals surface area contributed by atoms with Gasteiger partial charge in [0.25, 0.3) is 0 Å². The summed E-state index contributed by atoms with van der Waals surface area (Å²) in [5.41, 5.74) is 1.81. The van der Waals surface area contributed by atoms with Crippen LogP contribution in [0.1, 0.15) is 30.0 Å². The number of nitrogens with one attached hydrogen (secondary N) is 1. The molecule has 2 aromatic carbocycles. The maximum absolute atomic E-state index is 12.7. The third-order valence-electron chi connectivity index (χ3n) is 4.79. The number of carbonyl (C=O) groups is 2. The average molecular weight is 352 g/mol. The molecule has 0 aliphatic carbocycles. The Labute approximate surface area is 153 Å². The molecule has 1 saturated heterocycles.